The highest BCUT2D eigenvalue weighted by atomic mass is 32.1. The molecule has 0 saturated heterocycles. The van der Waals surface area contributed by atoms with E-state index in [0.29, 0.717) is 4.88 Å². The number of aryl methyl sites for hydroxylation is 1. The minimum Gasteiger partial charge on any atom is -0.393 e. The van der Waals surface area contributed by atoms with Crippen LogP contribution < -0.4 is 5.73 Å². The van der Waals surface area contributed by atoms with Crippen LogP contribution in [0.5, 0.6) is 0 Å². The summed E-state index contributed by atoms with van der Waals surface area (Å²) in [7, 11) is 0. The van der Waals surface area contributed by atoms with Crippen molar-refractivity contribution < 1.29 is 9.72 Å². The fraction of sp³-hybridized carbons (Fsp3) is 0.0833. The van der Waals surface area contributed by atoms with Gasteiger partial charge in [0.25, 0.3) is 5.69 Å². The van der Waals surface area contributed by atoms with Gasteiger partial charge in [0.2, 0.25) is 5.78 Å². The molecule has 0 radical (unpaired) electrons. The summed E-state index contributed by atoms with van der Waals surface area (Å²) < 4.78 is 0. The van der Waals surface area contributed by atoms with Crippen molar-refractivity contribution >= 4 is 28.5 Å². The van der Waals surface area contributed by atoms with Gasteiger partial charge in [0.1, 0.15) is 5.69 Å². The molecule has 0 atom stereocenters. The van der Waals surface area contributed by atoms with E-state index in [4.69, 9.17) is 5.73 Å². The summed E-state index contributed by atoms with van der Waals surface area (Å²) in [5.41, 5.74) is 6.57. The summed E-state index contributed by atoms with van der Waals surface area (Å²) in [6, 6.07) is 5.85. The molecule has 1 aromatic heterocycles. The molecule has 0 fully saturated rings. The van der Waals surface area contributed by atoms with Crippen molar-refractivity contribution in [1.29, 1.82) is 0 Å². The van der Waals surface area contributed by atoms with E-state index < -0.39 is 4.92 Å². The highest BCUT2D eigenvalue weighted by Gasteiger charge is 2.17. The van der Waals surface area contributed by atoms with Crippen molar-refractivity contribution in [1.82, 2.24) is 0 Å². The predicted octanol–water partition coefficient (Wildman–Crippen LogP) is 2.78. The number of carbonyl (C=O) groups excluding carboxylic acids is 1. The highest BCUT2D eigenvalue weighted by molar-refractivity contribution is 7.12. The van der Waals surface area contributed by atoms with Crippen molar-refractivity contribution in [3.05, 3.63) is 55.8 Å². The minimum absolute atomic E-state index is 0.0545. The summed E-state index contributed by atoms with van der Waals surface area (Å²) in [6.07, 6.45) is 0. The first-order chi connectivity index (χ1) is 8.49. The molecule has 1 heterocycles. The number of hydrogen-bond acceptors (Lipinski definition) is 5. The van der Waals surface area contributed by atoms with Crippen LogP contribution in [0.2, 0.25) is 0 Å². The van der Waals surface area contributed by atoms with Gasteiger partial charge in [-0.05, 0) is 36.1 Å². The van der Waals surface area contributed by atoms with E-state index in [1.807, 2.05) is 12.3 Å². The Labute approximate surface area is 107 Å². The number of nitrogens with zero attached hydrogens (tertiary/aromatic N) is 1. The zero-order valence-electron chi connectivity index (χ0n) is 9.54. The molecule has 1 aromatic carbocycles. The Kier molecular flexibility index (Phi) is 3.12. The van der Waals surface area contributed by atoms with Gasteiger partial charge in [0.05, 0.1) is 9.80 Å². The Morgan fingerprint density at radius 1 is 1.39 bits per heavy atom. The first kappa shape index (κ1) is 12.3. The van der Waals surface area contributed by atoms with Crippen LogP contribution >= 0.6 is 11.3 Å². The van der Waals surface area contributed by atoms with Gasteiger partial charge in [-0.25, -0.2) is 0 Å². The maximum absolute atomic E-state index is 12.1. The summed E-state index contributed by atoms with van der Waals surface area (Å²) >= 11 is 1.32. The molecule has 2 aromatic rings. The number of ketones is 1. The van der Waals surface area contributed by atoms with E-state index in [-0.39, 0.29) is 22.7 Å². The topological polar surface area (TPSA) is 86.2 Å². The standard InChI is InChI=1S/C12H10N2O3S/c1-7-4-11(18-6-7)12(15)8-2-3-9(13)10(5-8)14(16)17/h2-6H,13H2,1H3. The summed E-state index contributed by atoms with van der Waals surface area (Å²) in [5.74, 6) is -0.226. The minimum atomic E-state index is -0.591. The molecule has 0 aliphatic rings. The third kappa shape index (κ3) is 2.23. The summed E-state index contributed by atoms with van der Waals surface area (Å²) in [6.45, 7) is 1.89. The molecule has 18 heavy (non-hydrogen) atoms. The smallest absolute Gasteiger partial charge is 0.292 e. The maximum atomic E-state index is 12.1. The molecule has 0 spiro atoms. The number of anilines is 1. The van der Waals surface area contributed by atoms with Crippen molar-refractivity contribution in [2.75, 3.05) is 5.73 Å². The number of thiophene rings is 1. The molecule has 0 amide bonds. The molecule has 2 N–H and O–H groups in total. The van der Waals surface area contributed by atoms with Gasteiger partial charge in [-0.15, -0.1) is 11.3 Å². The lowest BCUT2D eigenvalue weighted by molar-refractivity contribution is -0.383. The molecule has 0 aliphatic carbocycles. The molecule has 6 heteroatoms. The second-order valence-electron chi connectivity index (χ2n) is 3.85. The fourth-order valence-corrected chi connectivity index (χ4v) is 2.40. The van der Waals surface area contributed by atoms with Crippen LogP contribution in [0.15, 0.2) is 29.6 Å². The fourth-order valence-electron chi connectivity index (χ4n) is 1.54. The molecule has 5 nitrogen and oxygen atoms in total. The highest BCUT2D eigenvalue weighted by Crippen LogP contribution is 2.25. The SMILES string of the molecule is Cc1csc(C(=O)c2ccc(N)c([N+](=O)[O-])c2)c1. The number of hydrogen-bond donors (Lipinski definition) is 1. The van der Waals surface area contributed by atoms with Crippen LogP contribution in [0.25, 0.3) is 0 Å². The Morgan fingerprint density at radius 2 is 2.11 bits per heavy atom. The van der Waals surface area contributed by atoms with Gasteiger partial charge in [0.15, 0.2) is 0 Å². The second kappa shape index (κ2) is 4.58. The third-order valence-electron chi connectivity index (χ3n) is 2.44. The number of rotatable bonds is 3. The zero-order valence-corrected chi connectivity index (χ0v) is 10.4. The van der Waals surface area contributed by atoms with E-state index in [1.165, 1.54) is 29.5 Å². The van der Waals surface area contributed by atoms with Crippen LogP contribution in [0.4, 0.5) is 11.4 Å². The molecule has 2 rings (SSSR count). The van der Waals surface area contributed by atoms with Crippen LogP contribution in [0.1, 0.15) is 20.8 Å². The van der Waals surface area contributed by atoms with Gasteiger partial charge < -0.3 is 5.73 Å². The molecule has 92 valence electrons. The van der Waals surface area contributed by atoms with E-state index in [2.05, 4.69) is 0 Å². The molecule has 0 bridgehead atoms. The van der Waals surface area contributed by atoms with Gasteiger partial charge >= 0.3 is 0 Å². The number of nitrogen functional groups attached to an aromatic ring is 1. The number of nitrogens with two attached hydrogens (primary N) is 1. The van der Waals surface area contributed by atoms with Crippen molar-refractivity contribution in [2.45, 2.75) is 6.92 Å². The van der Waals surface area contributed by atoms with E-state index in [0.717, 1.165) is 5.56 Å². The quantitative estimate of drug-likeness (QED) is 0.399. The van der Waals surface area contributed by atoms with Crippen LogP contribution in [-0.2, 0) is 0 Å². The average Bonchev–Trinajstić information content (AvgIpc) is 2.75. The van der Waals surface area contributed by atoms with Gasteiger partial charge in [-0.3, -0.25) is 14.9 Å². The normalized spacial score (nSPS) is 10.3. The lowest BCUT2D eigenvalue weighted by Crippen LogP contribution is -2.02. The van der Waals surface area contributed by atoms with Crippen LogP contribution in [-0.4, -0.2) is 10.7 Å². The second-order valence-corrected chi connectivity index (χ2v) is 4.76. The molecule has 0 saturated carbocycles. The summed E-state index contributed by atoms with van der Waals surface area (Å²) in [5, 5.41) is 12.6. The summed E-state index contributed by atoms with van der Waals surface area (Å²) in [4.78, 5) is 22.8. The Balaban J connectivity index is 2.43. The molecular formula is C12H10N2O3S. The predicted molar refractivity (Wildman–Crippen MR) is 70.0 cm³/mol. The zero-order chi connectivity index (χ0) is 13.3. The van der Waals surface area contributed by atoms with Crippen LogP contribution in [0, 0.1) is 17.0 Å². The van der Waals surface area contributed by atoms with E-state index >= 15 is 0 Å². The largest absolute Gasteiger partial charge is 0.393 e. The first-order valence-electron chi connectivity index (χ1n) is 5.13. The molecular weight excluding hydrogens is 252 g/mol. The molecule has 0 unspecified atom stereocenters. The van der Waals surface area contributed by atoms with E-state index in [1.54, 1.807) is 6.07 Å². The maximum Gasteiger partial charge on any atom is 0.292 e. The monoisotopic (exact) mass is 262 g/mol. The Bertz CT molecular complexity index is 634. The lowest BCUT2D eigenvalue weighted by Gasteiger charge is -2.00. The third-order valence-corrected chi connectivity index (χ3v) is 3.49. The Hall–Kier alpha value is -2.21. The van der Waals surface area contributed by atoms with E-state index in [9.17, 15) is 14.9 Å². The number of nitro groups is 1. The van der Waals surface area contributed by atoms with Gasteiger partial charge in [-0.1, -0.05) is 0 Å². The van der Waals surface area contributed by atoms with Gasteiger partial charge in [-0.2, -0.15) is 0 Å². The first-order valence-corrected chi connectivity index (χ1v) is 6.01. The number of nitro benzene ring substituents is 1. The van der Waals surface area contributed by atoms with Crippen LogP contribution in [0.3, 0.4) is 0 Å². The number of benzene rings is 1. The molecule has 0 aliphatic heterocycles. The van der Waals surface area contributed by atoms with Crippen molar-refractivity contribution in [2.24, 2.45) is 0 Å². The average molecular weight is 262 g/mol. The Morgan fingerprint density at radius 3 is 2.67 bits per heavy atom. The van der Waals surface area contributed by atoms with Gasteiger partial charge in [0, 0.05) is 11.6 Å². The van der Waals surface area contributed by atoms with Crippen molar-refractivity contribution in [3.8, 4) is 0 Å². The van der Waals surface area contributed by atoms with Crippen molar-refractivity contribution in [3.63, 3.8) is 0 Å². The number of carbonyl (C=O) groups is 1. The lowest BCUT2D eigenvalue weighted by atomic mass is 10.1.